The van der Waals surface area contributed by atoms with Crippen molar-refractivity contribution in [2.24, 2.45) is 5.92 Å². The van der Waals surface area contributed by atoms with Crippen LogP contribution in [-0.2, 0) is 0 Å². The van der Waals surface area contributed by atoms with Gasteiger partial charge in [-0.1, -0.05) is 13.3 Å². The van der Waals surface area contributed by atoms with Gasteiger partial charge in [0.05, 0.1) is 19.5 Å². The Balaban J connectivity index is 2.08. The molecule has 5 nitrogen and oxygen atoms in total. The predicted octanol–water partition coefficient (Wildman–Crippen LogP) is 1.65. The van der Waals surface area contributed by atoms with Crippen LogP contribution < -0.4 is 9.64 Å². The third-order valence-electron chi connectivity index (χ3n) is 3.86. The van der Waals surface area contributed by atoms with Crippen molar-refractivity contribution < 1.29 is 4.74 Å². The van der Waals surface area contributed by atoms with Gasteiger partial charge in [0.1, 0.15) is 0 Å². The van der Waals surface area contributed by atoms with E-state index in [-0.39, 0.29) is 0 Å². The van der Waals surface area contributed by atoms with Crippen LogP contribution in [0.4, 0.5) is 5.95 Å². The summed E-state index contributed by atoms with van der Waals surface area (Å²) in [4.78, 5) is 13.4. The summed E-state index contributed by atoms with van der Waals surface area (Å²) in [6, 6.07) is 0.589. The highest BCUT2D eigenvalue weighted by atomic mass is 16.5. The van der Waals surface area contributed by atoms with Gasteiger partial charge in [0.15, 0.2) is 5.75 Å². The zero-order valence-corrected chi connectivity index (χ0v) is 12.3. The first-order valence-electron chi connectivity index (χ1n) is 6.93. The second kappa shape index (κ2) is 6.19. The molecule has 0 radical (unpaired) electrons. The topological polar surface area (TPSA) is 41.5 Å². The minimum Gasteiger partial charge on any atom is -0.494 e. The second-order valence-corrected chi connectivity index (χ2v) is 5.41. The number of nitrogens with zero attached hydrogens (tertiary/aromatic N) is 4. The van der Waals surface area contributed by atoms with Crippen molar-refractivity contribution in [1.29, 1.82) is 0 Å². The minimum absolute atomic E-state index is 0.589. The molecule has 0 unspecified atom stereocenters. The minimum atomic E-state index is 0.589. The van der Waals surface area contributed by atoms with E-state index >= 15 is 0 Å². The summed E-state index contributed by atoms with van der Waals surface area (Å²) >= 11 is 0. The van der Waals surface area contributed by atoms with Crippen LogP contribution in [0.5, 0.6) is 5.75 Å². The lowest BCUT2D eigenvalue weighted by atomic mass is 9.98. The van der Waals surface area contributed by atoms with Gasteiger partial charge in [0, 0.05) is 19.1 Å². The SMILES string of the molecule is CCC[C@@H]1CN(c2ncc(OC)cn2)C[C@H]1N(C)C. The lowest BCUT2D eigenvalue weighted by molar-refractivity contribution is 0.246. The van der Waals surface area contributed by atoms with Crippen molar-refractivity contribution in [2.75, 3.05) is 39.2 Å². The number of likely N-dealkylation sites (N-methyl/N-ethyl adjacent to an activating group) is 1. The summed E-state index contributed by atoms with van der Waals surface area (Å²) in [6.07, 6.45) is 5.96. The molecule has 0 saturated carbocycles. The monoisotopic (exact) mass is 264 g/mol. The van der Waals surface area contributed by atoms with Gasteiger partial charge in [-0.3, -0.25) is 0 Å². The number of ether oxygens (including phenoxy) is 1. The summed E-state index contributed by atoms with van der Waals surface area (Å²) < 4.78 is 5.10. The molecular formula is C14H24N4O. The molecule has 0 N–H and O–H groups in total. The van der Waals surface area contributed by atoms with Crippen LogP contribution in [0.1, 0.15) is 19.8 Å². The van der Waals surface area contributed by atoms with Gasteiger partial charge in [0.2, 0.25) is 5.95 Å². The predicted molar refractivity (Wildman–Crippen MR) is 76.7 cm³/mol. The van der Waals surface area contributed by atoms with E-state index in [9.17, 15) is 0 Å². The number of methoxy groups -OCH3 is 1. The van der Waals surface area contributed by atoms with E-state index in [0.29, 0.717) is 17.7 Å². The van der Waals surface area contributed by atoms with E-state index in [1.807, 2.05) is 0 Å². The van der Waals surface area contributed by atoms with Crippen molar-refractivity contribution in [3.05, 3.63) is 12.4 Å². The van der Waals surface area contributed by atoms with Crippen LogP contribution in [0, 0.1) is 5.92 Å². The van der Waals surface area contributed by atoms with E-state index < -0.39 is 0 Å². The summed E-state index contributed by atoms with van der Waals surface area (Å²) in [7, 11) is 5.95. The van der Waals surface area contributed by atoms with Crippen LogP contribution >= 0.6 is 0 Å². The fourth-order valence-corrected chi connectivity index (χ4v) is 2.83. The third kappa shape index (κ3) is 3.15. The van der Waals surface area contributed by atoms with Crippen LogP contribution in [0.3, 0.4) is 0 Å². The van der Waals surface area contributed by atoms with Crippen molar-refractivity contribution >= 4 is 5.95 Å². The van der Waals surface area contributed by atoms with Gasteiger partial charge in [-0.25, -0.2) is 9.97 Å². The van der Waals surface area contributed by atoms with E-state index in [1.54, 1.807) is 19.5 Å². The van der Waals surface area contributed by atoms with Crippen molar-refractivity contribution in [3.63, 3.8) is 0 Å². The fraction of sp³-hybridized carbons (Fsp3) is 0.714. The standard InChI is InChI=1S/C14H24N4O/c1-5-6-11-9-18(10-13(11)17(2)3)14-15-7-12(19-4)8-16-14/h7-8,11,13H,5-6,9-10H2,1-4H3/t11-,13-/m1/s1. The Morgan fingerprint density at radius 1 is 1.32 bits per heavy atom. The van der Waals surface area contributed by atoms with Crippen LogP contribution in [0.2, 0.25) is 0 Å². The molecule has 106 valence electrons. The molecule has 1 aromatic rings. The van der Waals surface area contributed by atoms with Gasteiger partial charge in [-0.05, 0) is 26.4 Å². The molecule has 2 heterocycles. The van der Waals surface area contributed by atoms with Gasteiger partial charge in [-0.2, -0.15) is 0 Å². The molecule has 1 fully saturated rings. The average Bonchev–Trinajstić information content (AvgIpc) is 2.83. The molecule has 0 aromatic carbocycles. The third-order valence-corrected chi connectivity index (χ3v) is 3.86. The molecule has 2 atom stereocenters. The number of hydrogen-bond acceptors (Lipinski definition) is 5. The van der Waals surface area contributed by atoms with E-state index in [4.69, 9.17) is 4.74 Å². The molecule has 1 aliphatic rings. The summed E-state index contributed by atoms with van der Waals surface area (Å²) in [5.41, 5.74) is 0. The number of anilines is 1. The Hall–Kier alpha value is -1.36. The number of hydrogen-bond donors (Lipinski definition) is 0. The Kier molecular flexibility index (Phi) is 4.58. The first-order chi connectivity index (χ1) is 9.15. The number of rotatable bonds is 5. The molecule has 0 spiro atoms. The highest BCUT2D eigenvalue weighted by Crippen LogP contribution is 2.27. The normalized spacial score (nSPS) is 23.1. The average molecular weight is 264 g/mol. The molecule has 1 aromatic heterocycles. The first-order valence-corrected chi connectivity index (χ1v) is 6.93. The van der Waals surface area contributed by atoms with Gasteiger partial charge in [-0.15, -0.1) is 0 Å². The molecule has 0 amide bonds. The molecule has 5 heteroatoms. The highest BCUT2D eigenvalue weighted by Gasteiger charge is 2.34. The van der Waals surface area contributed by atoms with Crippen LogP contribution in [0.15, 0.2) is 12.4 Å². The summed E-state index contributed by atoms with van der Waals surface area (Å²) in [6.45, 7) is 4.30. The van der Waals surface area contributed by atoms with E-state index in [2.05, 4.69) is 40.8 Å². The van der Waals surface area contributed by atoms with Crippen molar-refractivity contribution in [3.8, 4) is 5.75 Å². The molecule has 2 rings (SSSR count). The number of aromatic nitrogens is 2. The second-order valence-electron chi connectivity index (χ2n) is 5.41. The smallest absolute Gasteiger partial charge is 0.225 e. The molecular weight excluding hydrogens is 240 g/mol. The molecule has 1 aliphatic heterocycles. The van der Waals surface area contributed by atoms with Crippen LogP contribution in [0.25, 0.3) is 0 Å². The maximum Gasteiger partial charge on any atom is 0.225 e. The van der Waals surface area contributed by atoms with Crippen LogP contribution in [-0.4, -0.2) is 55.2 Å². The Bertz CT molecular complexity index is 393. The zero-order chi connectivity index (χ0) is 13.8. The lowest BCUT2D eigenvalue weighted by Gasteiger charge is -2.24. The maximum absolute atomic E-state index is 5.10. The summed E-state index contributed by atoms with van der Waals surface area (Å²) in [5, 5.41) is 0. The summed E-state index contributed by atoms with van der Waals surface area (Å²) in [5.74, 6) is 2.22. The molecule has 0 aliphatic carbocycles. The van der Waals surface area contributed by atoms with Gasteiger partial charge in [0.25, 0.3) is 0 Å². The maximum atomic E-state index is 5.10. The Morgan fingerprint density at radius 3 is 2.53 bits per heavy atom. The largest absolute Gasteiger partial charge is 0.494 e. The zero-order valence-electron chi connectivity index (χ0n) is 12.3. The van der Waals surface area contributed by atoms with Crippen molar-refractivity contribution in [2.45, 2.75) is 25.8 Å². The van der Waals surface area contributed by atoms with E-state index in [1.165, 1.54) is 12.8 Å². The first kappa shape index (κ1) is 14.1. The van der Waals surface area contributed by atoms with Gasteiger partial charge >= 0.3 is 0 Å². The molecule has 19 heavy (non-hydrogen) atoms. The fourth-order valence-electron chi connectivity index (χ4n) is 2.83. The highest BCUT2D eigenvalue weighted by molar-refractivity contribution is 5.34. The van der Waals surface area contributed by atoms with E-state index in [0.717, 1.165) is 19.0 Å². The van der Waals surface area contributed by atoms with Crippen molar-refractivity contribution in [1.82, 2.24) is 14.9 Å². The Morgan fingerprint density at radius 2 is 2.00 bits per heavy atom. The molecule has 1 saturated heterocycles. The molecule has 0 bridgehead atoms. The Labute approximate surface area is 115 Å². The quantitative estimate of drug-likeness (QED) is 0.809. The van der Waals surface area contributed by atoms with Gasteiger partial charge < -0.3 is 14.5 Å². The lowest BCUT2D eigenvalue weighted by Crippen LogP contribution is -2.35.